The van der Waals surface area contributed by atoms with Crippen LogP contribution in [0.25, 0.3) is 6.08 Å². The van der Waals surface area contributed by atoms with E-state index in [2.05, 4.69) is 34.7 Å². The Morgan fingerprint density at radius 2 is 1.69 bits per heavy atom. The topological polar surface area (TPSA) is 57.6 Å². The summed E-state index contributed by atoms with van der Waals surface area (Å²) in [5.41, 5.74) is 6.68. The number of hydrogen-bond donors (Lipinski definition) is 1. The fourth-order valence-electron chi connectivity index (χ4n) is 4.65. The van der Waals surface area contributed by atoms with Gasteiger partial charge in [-0.2, -0.15) is 0 Å². The maximum atomic E-state index is 12.7. The molecular formula is C26H34N4O2. The van der Waals surface area contributed by atoms with Crippen LogP contribution in [0.3, 0.4) is 0 Å². The fourth-order valence-corrected chi connectivity index (χ4v) is 4.65. The zero-order valence-corrected chi connectivity index (χ0v) is 19.6. The molecule has 2 fully saturated rings. The van der Waals surface area contributed by atoms with Crippen molar-refractivity contribution in [1.82, 2.24) is 14.4 Å². The molecule has 1 saturated carbocycles. The highest BCUT2D eigenvalue weighted by molar-refractivity contribution is 5.94. The van der Waals surface area contributed by atoms with Crippen LogP contribution in [0.15, 0.2) is 30.3 Å². The van der Waals surface area contributed by atoms with Crippen molar-refractivity contribution >= 4 is 23.6 Å². The number of para-hydroxylation sites is 1. The molecule has 6 nitrogen and oxygen atoms in total. The van der Waals surface area contributed by atoms with Crippen LogP contribution in [0.5, 0.6) is 0 Å². The second-order valence-electron chi connectivity index (χ2n) is 9.18. The van der Waals surface area contributed by atoms with Crippen molar-refractivity contribution in [3.63, 3.8) is 0 Å². The first-order valence-corrected chi connectivity index (χ1v) is 11.6. The third-order valence-electron chi connectivity index (χ3n) is 6.64. The van der Waals surface area contributed by atoms with Gasteiger partial charge in [-0.3, -0.25) is 14.5 Å². The number of aromatic nitrogens is 1. The van der Waals surface area contributed by atoms with Crippen LogP contribution < -0.4 is 5.32 Å². The standard InChI is InChI=1S/C26H34N4O2/c1-18-6-5-7-19(2)26(18)27-24(31)17-28-12-14-29(15-13-28)25(32)11-8-22-16-20(3)30(21(22)4)23-9-10-23/h5-8,11,16,23H,9-10,12-15,17H2,1-4H3,(H,27,31)/b11-8+. The third kappa shape index (κ3) is 4.96. The summed E-state index contributed by atoms with van der Waals surface area (Å²) in [7, 11) is 0. The Kier molecular flexibility index (Phi) is 6.51. The molecule has 0 spiro atoms. The predicted molar refractivity (Wildman–Crippen MR) is 129 cm³/mol. The van der Waals surface area contributed by atoms with E-state index < -0.39 is 0 Å². The molecule has 4 rings (SSSR count). The number of carbonyl (C=O) groups excluding carboxylic acids is 2. The van der Waals surface area contributed by atoms with Crippen molar-refractivity contribution < 1.29 is 9.59 Å². The summed E-state index contributed by atoms with van der Waals surface area (Å²) in [5.74, 6) is 0.0361. The summed E-state index contributed by atoms with van der Waals surface area (Å²) in [6.07, 6.45) is 6.16. The molecule has 1 aliphatic carbocycles. The Morgan fingerprint density at radius 3 is 2.31 bits per heavy atom. The average molecular weight is 435 g/mol. The van der Waals surface area contributed by atoms with Crippen LogP contribution >= 0.6 is 0 Å². The molecule has 1 saturated heterocycles. The number of carbonyl (C=O) groups is 2. The van der Waals surface area contributed by atoms with E-state index in [9.17, 15) is 9.59 Å². The zero-order valence-electron chi connectivity index (χ0n) is 19.6. The van der Waals surface area contributed by atoms with Crippen molar-refractivity contribution in [1.29, 1.82) is 0 Å². The number of piperazine rings is 1. The van der Waals surface area contributed by atoms with E-state index in [0.29, 0.717) is 38.8 Å². The van der Waals surface area contributed by atoms with Crippen LogP contribution in [0, 0.1) is 27.7 Å². The van der Waals surface area contributed by atoms with Crippen LogP contribution in [0.4, 0.5) is 5.69 Å². The maximum absolute atomic E-state index is 12.7. The highest BCUT2D eigenvalue weighted by Crippen LogP contribution is 2.38. The SMILES string of the molecule is Cc1cccc(C)c1NC(=O)CN1CCN(C(=O)/C=C/c2cc(C)n(C3CC3)c2C)CC1. The molecule has 1 aromatic heterocycles. The van der Waals surface area contributed by atoms with E-state index in [1.165, 1.54) is 24.2 Å². The summed E-state index contributed by atoms with van der Waals surface area (Å²) in [6, 6.07) is 8.82. The van der Waals surface area contributed by atoms with Crippen molar-refractivity contribution in [3.05, 3.63) is 58.4 Å². The summed E-state index contributed by atoms with van der Waals surface area (Å²) in [6.45, 7) is 11.3. The minimum absolute atomic E-state index is 0.00640. The van der Waals surface area contributed by atoms with Crippen molar-refractivity contribution in [2.75, 3.05) is 38.0 Å². The molecule has 0 bridgehead atoms. The Labute approximate surface area is 190 Å². The van der Waals surface area contributed by atoms with Gasteiger partial charge in [0.2, 0.25) is 11.8 Å². The Balaban J connectivity index is 1.27. The number of amides is 2. The molecule has 1 N–H and O–H groups in total. The van der Waals surface area contributed by atoms with E-state index in [-0.39, 0.29) is 11.8 Å². The van der Waals surface area contributed by atoms with Crippen molar-refractivity contribution in [2.24, 2.45) is 0 Å². The van der Waals surface area contributed by atoms with Gasteiger partial charge in [0.05, 0.1) is 6.54 Å². The summed E-state index contributed by atoms with van der Waals surface area (Å²) in [5, 5.41) is 3.05. The Bertz CT molecular complexity index is 1020. The molecule has 32 heavy (non-hydrogen) atoms. The van der Waals surface area contributed by atoms with Gasteiger partial charge in [-0.1, -0.05) is 18.2 Å². The largest absolute Gasteiger partial charge is 0.346 e. The minimum Gasteiger partial charge on any atom is -0.346 e. The number of hydrogen-bond acceptors (Lipinski definition) is 3. The first-order valence-electron chi connectivity index (χ1n) is 11.6. The minimum atomic E-state index is -0.00640. The summed E-state index contributed by atoms with van der Waals surface area (Å²) >= 11 is 0. The van der Waals surface area contributed by atoms with E-state index in [1.54, 1.807) is 6.08 Å². The molecule has 0 atom stereocenters. The number of nitrogens with zero attached hydrogens (tertiary/aromatic N) is 3. The molecule has 2 amide bonds. The van der Waals surface area contributed by atoms with Crippen LogP contribution in [-0.4, -0.2) is 58.9 Å². The number of nitrogens with one attached hydrogen (secondary N) is 1. The lowest BCUT2D eigenvalue weighted by Crippen LogP contribution is -2.50. The smallest absolute Gasteiger partial charge is 0.246 e. The fraction of sp³-hybridized carbons (Fsp3) is 0.462. The second kappa shape index (κ2) is 9.33. The Hall–Kier alpha value is -2.86. The quantitative estimate of drug-likeness (QED) is 0.703. The van der Waals surface area contributed by atoms with Crippen LogP contribution in [-0.2, 0) is 9.59 Å². The van der Waals surface area contributed by atoms with Gasteiger partial charge in [-0.25, -0.2) is 0 Å². The van der Waals surface area contributed by atoms with Crippen LogP contribution in [0.2, 0.25) is 0 Å². The van der Waals surface area contributed by atoms with Crippen LogP contribution in [0.1, 0.15) is 47.0 Å². The zero-order chi connectivity index (χ0) is 22.8. The molecular weight excluding hydrogens is 400 g/mol. The lowest BCUT2D eigenvalue weighted by atomic mass is 10.1. The predicted octanol–water partition coefficient (Wildman–Crippen LogP) is 3.85. The molecule has 6 heteroatoms. The van der Waals surface area contributed by atoms with Gasteiger partial charge < -0.3 is 14.8 Å². The summed E-state index contributed by atoms with van der Waals surface area (Å²) < 4.78 is 2.40. The molecule has 1 aromatic carbocycles. The molecule has 2 aliphatic rings. The second-order valence-corrected chi connectivity index (χ2v) is 9.18. The van der Waals surface area contributed by atoms with Gasteiger partial charge in [-0.15, -0.1) is 0 Å². The number of rotatable bonds is 6. The normalized spacial score (nSPS) is 17.2. The lowest BCUT2D eigenvalue weighted by Gasteiger charge is -2.33. The first-order chi connectivity index (χ1) is 15.3. The average Bonchev–Trinajstić information content (AvgIpc) is 3.54. The van der Waals surface area contributed by atoms with Gasteiger partial charge in [-0.05, 0) is 69.4 Å². The highest BCUT2D eigenvalue weighted by atomic mass is 16.2. The van der Waals surface area contributed by atoms with Gasteiger partial charge in [0.1, 0.15) is 0 Å². The van der Waals surface area contributed by atoms with Gasteiger partial charge in [0.15, 0.2) is 0 Å². The van der Waals surface area contributed by atoms with E-state index in [0.717, 1.165) is 22.4 Å². The molecule has 1 aliphatic heterocycles. The van der Waals surface area contributed by atoms with Gasteiger partial charge in [0, 0.05) is 55.4 Å². The molecule has 2 aromatic rings. The van der Waals surface area contributed by atoms with E-state index in [1.807, 2.05) is 43.0 Å². The number of aryl methyl sites for hydroxylation is 3. The Morgan fingerprint density at radius 1 is 1.03 bits per heavy atom. The van der Waals surface area contributed by atoms with Gasteiger partial charge >= 0.3 is 0 Å². The third-order valence-corrected chi connectivity index (χ3v) is 6.64. The monoisotopic (exact) mass is 434 g/mol. The van der Waals surface area contributed by atoms with Gasteiger partial charge in [0.25, 0.3) is 0 Å². The van der Waals surface area contributed by atoms with Crippen molar-refractivity contribution in [3.8, 4) is 0 Å². The maximum Gasteiger partial charge on any atom is 0.246 e. The summed E-state index contributed by atoms with van der Waals surface area (Å²) in [4.78, 5) is 29.2. The lowest BCUT2D eigenvalue weighted by molar-refractivity contribution is -0.127. The molecule has 0 unspecified atom stereocenters. The van der Waals surface area contributed by atoms with E-state index in [4.69, 9.17) is 0 Å². The first kappa shape index (κ1) is 22.3. The molecule has 0 radical (unpaired) electrons. The number of benzene rings is 1. The van der Waals surface area contributed by atoms with Crippen molar-refractivity contribution in [2.45, 2.75) is 46.6 Å². The number of anilines is 1. The molecule has 2 heterocycles. The van der Waals surface area contributed by atoms with E-state index >= 15 is 0 Å². The molecule has 170 valence electrons. The highest BCUT2D eigenvalue weighted by Gasteiger charge is 2.27.